The van der Waals surface area contributed by atoms with Crippen molar-refractivity contribution < 1.29 is 22.7 Å². The molecular weight excluding hydrogens is 454 g/mol. The van der Waals surface area contributed by atoms with Crippen LogP contribution in [0.2, 0.25) is 0 Å². The molecule has 8 nitrogen and oxygen atoms in total. The first kappa shape index (κ1) is 23.5. The lowest BCUT2D eigenvalue weighted by Crippen LogP contribution is -2.49. The predicted molar refractivity (Wildman–Crippen MR) is 128 cm³/mol. The summed E-state index contributed by atoms with van der Waals surface area (Å²) in [6.07, 6.45) is 0. The van der Waals surface area contributed by atoms with Gasteiger partial charge in [-0.15, -0.1) is 0 Å². The molecule has 0 radical (unpaired) electrons. The normalized spacial score (nSPS) is 14.4. The number of ether oxygens (including phenoxy) is 1. The minimum Gasteiger partial charge on any atom is -0.457 e. The second kappa shape index (κ2) is 10.1. The van der Waals surface area contributed by atoms with E-state index in [0.717, 1.165) is 0 Å². The largest absolute Gasteiger partial charge is 0.457 e. The van der Waals surface area contributed by atoms with Crippen LogP contribution >= 0.6 is 0 Å². The number of hydrogen-bond donors (Lipinski definition) is 1. The Bertz CT molecular complexity index is 1290. The van der Waals surface area contributed by atoms with E-state index in [0.29, 0.717) is 30.3 Å². The Morgan fingerprint density at radius 2 is 1.50 bits per heavy atom. The summed E-state index contributed by atoms with van der Waals surface area (Å²) >= 11 is 0. The van der Waals surface area contributed by atoms with E-state index < -0.39 is 15.9 Å². The van der Waals surface area contributed by atoms with Crippen LogP contribution in [-0.4, -0.2) is 55.6 Å². The average Bonchev–Trinajstić information content (AvgIpc) is 2.85. The van der Waals surface area contributed by atoms with Gasteiger partial charge >= 0.3 is 0 Å². The van der Waals surface area contributed by atoms with Crippen LogP contribution in [0.1, 0.15) is 17.3 Å². The molecule has 1 fully saturated rings. The zero-order chi connectivity index (χ0) is 24.1. The van der Waals surface area contributed by atoms with Crippen LogP contribution in [0.25, 0.3) is 0 Å². The quantitative estimate of drug-likeness (QED) is 0.583. The van der Waals surface area contributed by atoms with Gasteiger partial charge < -0.3 is 15.0 Å². The van der Waals surface area contributed by atoms with Gasteiger partial charge in [0.2, 0.25) is 15.9 Å². The summed E-state index contributed by atoms with van der Waals surface area (Å²) in [5, 5.41) is 2.79. The number of carbonyl (C=O) groups excluding carboxylic acids is 2. The molecule has 2 amide bonds. The molecular formula is C25H25N3O5S. The molecule has 34 heavy (non-hydrogen) atoms. The van der Waals surface area contributed by atoms with Crippen LogP contribution in [0.4, 0.5) is 5.69 Å². The summed E-state index contributed by atoms with van der Waals surface area (Å²) in [4.78, 5) is 26.0. The highest BCUT2D eigenvalue weighted by Gasteiger charge is 2.29. The van der Waals surface area contributed by atoms with Crippen molar-refractivity contribution in [1.82, 2.24) is 9.21 Å². The predicted octanol–water partition coefficient (Wildman–Crippen LogP) is 3.58. The second-order valence-electron chi connectivity index (χ2n) is 7.84. The molecule has 0 bridgehead atoms. The molecule has 1 heterocycles. The monoisotopic (exact) mass is 479 g/mol. The van der Waals surface area contributed by atoms with Gasteiger partial charge in [-0.1, -0.05) is 30.3 Å². The number of carbonyl (C=O) groups is 2. The summed E-state index contributed by atoms with van der Waals surface area (Å²) in [6.45, 7) is 2.58. The third-order valence-corrected chi connectivity index (χ3v) is 7.38. The first-order valence-corrected chi connectivity index (χ1v) is 12.3. The van der Waals surface area contributed by atoms with Crippen LogP contribution in [0.5, 0.6) is 11.5 Å². The van der Waals surface area contributed by atoms with Crippen molar-refractivity contribution in [2.45, 2.75) is 11.8 Å². The summed E-state index contributed by atoms with van der Waals surface area (Å²) in [5.74, 6) is 0.724. The van der Waals surface area contributed by atoms with Gasteiger partial charge in [-0.2, -0.15) is 4.31 Å². The van der Waals surface area contributed by atoms with Crippen molar-refractivity contribution in [3.8, 4) is 11.5 Å². The van der Waals surface area contributed by atoms with Crippen LogP contribution < -0.4 is 10.1 Å². The third-order valence-electron chi connectivity index (χ3n) is 5.49. The van der Waals surface area contributed by atoms with Gasteiger partial charge in [0.25, 0.3) is 5.91 Å². The molecule has 4 rings (SSSR count). The number of para-hydroxylation sites is 1. The van der Waals surface area contributed by atoms with E-state index in [1.807, 2.05) is 30.3 Å². The number of hydrogen-bond acceptors (Lipinski definition) is 5. The van der Waals surface area contributed by atoms with Crippen molar-refractivity contribution >= 4 is 27.5 Å². The van der Waals surface area contributed by atoms with Gasteiger partial charge in [-0.3, -0.25) is 9.59 Å². The summed E-state index contributed by atoms with van der Waals surface area (Å²) in [5.41, 5.74) is 0.741. The van der Waals surface area contributed by atoms with Gasteiger partial charge in [-0.25, -0.2) is 8.42 Å². The van der Waals surface area contributed by atoms with Crippen LogP contribution in [0.3, 0.4) is 0 Å². The van der Waals surface area contributed by atoms with Crippen LogP contribution in [0, 0.1) is 0 Å². The van der Waals surface area contributed by atoms with E-state index in [-0.39, 0.29) is 29.5 Å². The number of benzene rings is 3. The number of amides is 2. The third kappa shape index (κ3) is 5.44. The van der Waals surface area contributed by atoms with Gasteiger partial charge in [-0.05, 0) is 42.5 Å². The Hall–Kier alpha value is -3.69. The standard InChI is InChI=1S/C25H25N3O5S/c1-19(29)27-13-15-28(16-14-27)34(31,32)24-12-5-7-20(17-24)25(30)26-21-8-6-11-23(18-21)33-22-9-3-2-4-10-22/h2-12,17-18H,13-16H2,1H3,(H,26,30). The van der Waals surface area contributed by atoms with Gasteiger partial charge in [0.1, 0.15) is 11.5 Å². The van der Waals surface area contributed by atoms with E-state index >= 15 is 0 Å². The maximum atomic E-state index is 13.1. The van der Waals surface area contributed by atoms with E-state index in [2.05, 4.69) is 5.32 Å². The zero-order valence-corrected chi connectivity index (χ0v) is 19.5. The van der Waals surface area contributed by atoms with E-state index in [1.165, 1.54) is 23.4 Å². The zero-order valence-electron chi connectivity index (χ0n) is 18.7. The number of nitrogens with one attached hydrogen (secondary N) is 1. The van der Waals surface area contributed by atoms with E-state index in [4.69, 9.17) is 4.74 Å². The van der Waals surface area contributed by atoms with Gasteiger partial charge in [0.05, 0.1) is 4.90 Å². The Kier molecular flexibility index (Phi) is 6.95. The molecule has 0 saturated carbocycles. The fourth-order valence-electron chi connectivity index (χ4n) is 3.66. The van der Waals surface area contributed by atoms with Crippen molar-refractivity contribution in [2.75, 3.05) is 31.5 Å². The molecule has 1 saturated heterocycles. The van der Waals surface area contributed by atoms with Crippen molar-refractivity contribution in [3.63, 3.8) is 0 Å². The molecule has 0 aliphatic carbocycles. The topological polar surface area (TPSA) is 96.0 Å². The first-order valence-electron chi connectivity index (χ1n) is 10.8. The lowest BCUT2D eigenvalue weighted by atomic mass is 10.2. The Morgan fingerprint density at radius 3 is 2.21 bits per heavy atom. The number of rotatable bonds is 6. The Balaban J connectivity index is 1.46. The highest BCUT2D eigenvalue weighted by atomic mass is 32.2. The number of nitrogens with zero attached hydrogens (tertiary/aromatic N) is 2. The van der Waals surface area contributed by atoms with Crippen molar-refractivity contribution in [1.29, 1.82) is 0 Å². The SMILES string of the molecule is CC(=O)N1CCN(S(=O)(=O)c2cccc(C(=O)Nc3cccc(Oc4ccccc4)c3)c2)CC1. The summed E-state index contributed by atoms with van der Waals surface area (Å²) in [6, 6.07) is 22.2. The van der Waals surface area contributed by atoms with Crippen LogP contribution in [-0.2, 0) is 14.8 Å². The van der Waals surface area contributed by atoms with Crippen molar-refractivity contribution in [3.05, 3.63) is 84.4 Å². The summed E-state index contributed by atoms with van der Waals surface area (Å²) < 4.78 is 33.3. The molecule has 1 N–H and O–H groups in total. The van der Waals surface area contributed by atoms with Crippen molar-refractivity contribution in [2.24, 2.45) is 0 Å². The lowest BCUT2D eigenvalue weighted by molar-refractivity contribution is -0.129. The molecule has 0 spiro atoms. The van der Waals surface area contributed by atoms with Gasteiger partial charge in [0, 0.05) is 50.4 Å². The van der Waals surface area contributed by atoms with E-state index in [9.17, 15) is 18.0 Å². The fraction of sp³-hybridized carbons (Fsp3) is 0.200. The molecule has 0 atom stereocenters. The fourth-order valence-corrected chi connectivity index (χ4v) is 5.12. The summed E-state index contributed by atoms with van der Waals surface area (Å²) in [7, 11) is -3.79. The number of anilines is 1. The molecule has 176 valence electrons. The number of piperazine rings is 1. The second-order valence-corrected chi connectivity index (χ2v) is 9.77. The lowest BCUT2D eigenvalue weighted by Gasteiger charge is -2.33. The molecule has 1 aliphatic rings. The molecule has 9 heteroatoms. The average molecular weight is 480 g/mol. The number of sulfonamides is 1. The Morgan fingerprint density at radius 1 is 0.824 bits per heavy atom. The minimum atomic E-state index is -3.79. The Labute approximate surface area is 198 Å². The molecule has 3 aromatic carbocycles. The molecule has 0 unspecified atom stereocenters. The highest BCUT2D eigenvalue weighted by Crippen LogP contribution is 2.25. The maximum Gasteiger partial charge on any atom is 0.255 e. The van der Waals surface area contributed by atoms with E-state index in [1.54, 1.807) is 41.3 Å². The van der Waals surface area contributed by atoms with Crippen LogP contribution in [0.15, 0.2) is 83.8 Å². The highest BCUT2D eigenvalue weighted by molar-refractivity contribution is 7.89. The minimum absolute atomic E-state index is 0.0394. The first-order chi connectivity index (χ1) is 16.3. The molecule has 3 aromatic rings. The maximum absolute atomic E-state index is 13.1. The molecule has 0 aromatic heterocycles. The molecule has 1 aliphatic heterocycles. The smallest absolute Gasteiger partial charge is 0.255 e. The van der Waals surface area contributed by atoms with Gasteiger partial charge in [0.15, 0.2) is 0 Å².